The van der Waals surface area contributed by atoms with E-state index in [1.54, 1.807) is 36.4 Å². The van der Waals surface area contributed by atoms with Crippen molar-refractivity contribution in [2.45, 2.75) is 25.3 Å². The van der Waals surface area contributed by atoms with Crippen molar-refractivity contribution in [3.05, 3.63) is 65.7 Å². The standard InChI is InChI=1S/C20H23N3O2.ClH/c21-14-18-8-4-5-13-23(18)20(25)16-9-11-17(12-10-16)22-19(24)15-6-2-1-3-7-15;/h1-3,6-7,9-12,18H,4-5,8,13-14,21H2,(H,22,24);1H. The molecule has 1 unspecified atom stereocenters. The third-order valence-electron chi connectivity index (χ3n) is 4.59. The number of rotatable bonds is 4. The Labute approximate surface area is 160 Å². The van der Waals surface area contributed by atoms with Crippen LogP contribution in [0.4, 0.5) is 5.69 Å². The van der Waals surface area contributed by atoms with Crippen LogP contribution in [0.2, 0.25) is 0 Å². The number of halogens is 1. The summed E-state index contributed by atoms with van der Waals surface area (Å²) in [6.07, 6.45) is 3.11. The fourth-order valence-electron chi connectivity index (χ4n) is 3.17. The van der Waals surface area contributed by atoms with Crippen molar-refractivity contribution >= 4 is 29.9 Å². The van der Waals surface area contributed by atoms with Crippen molar-refractivity contribution in [1.29, 1.82) is 0 Å². The average molecular weight is 374 g/mol. The Morgan fingerprint density at radius 1 is 1.00 bits per heavy atom. The van der Waals surface area contributed by atoms with Crippen LogP contribution in [-0.2, 0) is 0 Å². The molecule has 5 nitrogen and oxygen atoms in total. The van der Waals surface area contributed by atoms with E-state index in [-0.39, 0.29) is 30.3 Å². The van der Waals surface area contributed by atoms with Gasteiger partial charge in [-0.2, -0.15) is 0 Å². The smallest absolute Gasteiger partial charge is 0.255 e. The van der Waals surface area contributed by atoms with Crippen LogP contribution in [0.5, 0.6) is 0 Å². The minimum atomic E-state index is -0.168. The van der Waals surface area contributed by atoms with Gasteiger partial charge in [0, 0.05) is 35.9 Å². The fraction of sp³-hybridized carbons (Fsp3) is 0.300. The molecule has 1 atom stereocenters. The molecule has 1 aliphatic rings. The van der Waals surface area contributed by atoms with Gasteiger partial charge in [0.15, 0.2) is 0 Å². The molecule has 3 rings (SSSR count). The number of carbonyl (C=O) groups excluding carboxylic acids is 2. The largest absolute Gasteiger partial charge is 0.334 e. The Bertz CT molecular complexity index is 734. The summed E-state index contributed by atoms with van der Waals surface area (Å²) in [5, 5.41) is 2.84. The Balaban J connectivity index is 0.00000243. The zero-order valence-corrected chi connectivity index (χ0v) is 15.4. The van der Waals surface area contributed by atoms with Gasteiger partial charge in [0.1, 0.15) is 0 Å². The van der Waals surface area contributed by atoms with E-state index >= 15 is 0 Å². The van der Waals surface area contributed by atoms with Crippen molar-refractivity contribution in [3.8, 4) is 0 Å². The number of piperidine rings is 1. The van der Waals surface area contributed by atoms with Crippen LogP contribution in [0.25, 0.3) is 0 Å². The summed E-state index contributed by atoms with van der Waals surface area (Å²) in [6, 6.07) is 16.2. The van der Waals surface area contributed by atoms with E-state index in [0.29, 0.717) is 23.4 Å². The van der Waals surface area contributed by atoms with Gasteiger partial charge in [0.2, 0.25) is 0 Å². The van der Waals surface area contributed by atoms with Gasteiger partial charge < -0.3 is 16.0 Å². The maximum atomic E-state index is 12.7. The summed E-state index contributed by atoms with van der Waals surface area (Å²) >= 11 is 0. The SMILES string of the molecule is Cl.NCC1CCCCN1C(=O)c1ccc(NC(=O)c2ccccc2)cc1. The highest BCUT2D eigenvalue weighted by molar-refractivity contribution is 6.04. The molecule has 0 spiro atoms. The molecule has 1 saturated heterocycles. The summed E-state index contributed by atoms with van der Waals surface area (Å²) in [6.45, 7) is 1.25. The number of anilines is 1. The molecule has 0 radical (unpaired) electrons. The quantitative estimate of drug-likeness (QED) is 0.863. The van der Waals surface area contributed by atoms with Crippen molar-refractivity contribution in [2.75, 3.05) is 18.4 Å². The maximum Gasteiger partial charge on any atom is 0.255 e. The van der Waals surface area contributed by atoms with Gasteiger partial charge in [-0.25, -0.2) is 0 Å². The minimum Gasteiger partial charge on any atom is -0.334 e. The van der Waals surface area contributed by atoms with Gasteiger partial charge in [-0.15, -0.1) is 12.4 Å². The van der Waals surface area contributed by atoms with Gasteiger partial charge in [0.05, 0.1) is 0 Å². The predicted octanol–water partition coefficient (Wildman–Crippen LogP) is 3.31. The number of hydrogen-bond acceptors (Lipinski definition) is 3. The molecule has 0 aromatic heterocycles. The van der Waals surface area contributed by atoms with Crippen LogP contribution >= 0.6 is 12.4 Å². The Morgan fingerprint density at radius 3 is 2.35 bits per heavy atom. The van der Waals surface area contributed by atoms with E-state index in [4.69, 9.17) is 5.73 Å². The lowest BCUT2D eigenvalue weighted by atomic mass is 10.0. The second kappa shape index (κ2) is 9.36. The number of nitrogens with two attached hydrogens (primary N) is 1. The summed E-state index contributed by atoms with van der Waals surface area (Å²) in [4.78, 5) is 26.7. The number of hydrogen-bond donors (Lipinski definition) is 2. The molecule has 26 heavy (non-hydrogen) atoms. The van der Waals surface area contributed by atoms with Crippen molar-refractivity contribution < 1.29 is 9.59 Å². The summed E-state index contributed by atoms with van der Waals surface area (Å²) in [5.74, 6) is -0.157. The highest BCUT2D eigenvalue weighted by Crippen LogP contribution is 2.20. The number of nitrogens with zero attached hydrogens (tertiary/aromatic N) is 1. The highest BCUT2D eigenvalue weighted by Gasteiger charge is 2.26. The first kappa shape index (κ1) is 19.9. The monoisotopic (exact) mass is 373 g/mol. The van der Waals surface area contributed by atoms with Gasteiger partial charge in [-0.1, -0.05) is 18.2 Å². The maximum absolute atomic E-state index is 12.7. The third-order valence-corrected chi connectivity index (χ3v) is 4.59. The van der Waals surface area contributed by atoms with Crippen LogP contribution in [0.3, 0.4) is 0 Å². The van der Waals surface area contributed by atoms with E-state index in [1.807, 2.05) is 23.1 Å². The van der Waals surface area contributed by atoms with E-state index in [1.165, 1.54) is 0 Å². The molecule has 1 heterocycles. The molecule has 0 saturated carbocycles. The second-order valence-electron chi connectivity index (χ2n) is 6.28. The summed E-state index contributed by atoms with van der Waals surface area (Å²) < 4.78 is 0. The lowest BCUT2D eigenvalue weighted by Gasteiger charge is -2.35. The van der Waals surface area contributed by atoms with Crippen LogP contribution < -0.4 is 11.1 Å². The lowest BCUT2D eigenvalue weighted by molar-refractivity contribution is 0.0623. The molecule has 138 valence electrons. The summed E-state index contributed by atoms with van der Waals surface area (Å²) in [5.41, 5.74) is 7.69. The van der Waals surface area contributed by atoms with Gasteiger partial charge in [0.25, 0.3) is 11.8 Å². The number of likely N-dealkylation sites (tertiary alicyclic amines) is 1. The first-order valence-electron chi connectivity index (χ1n) is 8.66. The molecule has 1 aliphatic heterocycles. The van der Waals surface area contributed by atoms with Crippen LogP contribution in [0.1, 0.15) is 40.0 Å². The minimum absolute atomic E-state index is 0. The van der Waals surface area contributed by atoms with Crippen LogP contribution in [-0.4, -0.2) is 35.8 Å². The normalized spacial score (nSPS) is 16.5. The molecule has 6 heteroatoms. The second-order valence-corrected chi connectivity index (χ2v) is 6.28. The number of benzene rings is 2. The number of nitrogens with one attached hydrogen (secondary N) is 1. The number of amides is 2. The van der Waals surface area contributed by atoms with Gasteiger partial charge in [-0.05, 0) is 55.7 Å². The molecule has 1 fully saturated rings. The molecule has 2 aromatic rings. The Morgan fingerprint density at radius 2 is 1.69 bits per heavy atom. The zero-order chi connectivity index (χ0) is 17.6. The van der Waals surface area contributed by atoms with E-state index in [2.05, 4.69) is 5.32 Å². The third kappa shape index (κ3) is 4.62. The topological polar surface area (TPSA) is 75.4 Å². The first-order valence-corrected chi connectivity index (χ1v) is 8.66. The molecule has 0 aliphatic carbocycles. The predicted molar refractivity (Wildman–Crippen MR) is 106 cm³/mol. The molecule has 3 N–H and O–H groups in total. The first-order chi connectivity index (χ1) is 12.2. The molecule has 0 bridgehead atoms. The van der Waals surface area contributed by atoms with Crippen molar-refractivity contribution in [2.24, 2.45) is 5.73 Å². The summed E-state index contributed by atoms with van der Waals surface area (Å²) in [7, 11) is 0. The molecule has 2 aromatic carbocycles. The average Bonchev–Trinajstić information content (AvgIpc) is 2.68. The fourth-order valence-corrected chi connectivity index (χ4v) is 3.17. The van der Waals surface area contributed by atoms with Crippen molar-refractivity contribution in [3.63, 3.8) is 0 Å². The molecular weight excluding hydrogens is 350 g/mol. The molecule has 2 amide bonds. The Hall–Kier alpha value is -2.37. The van der Waals surface area contributed by atoms with Crippen LogP contribution in [0.15, 0.2) is 54.6 Å². The van der Waals surface area contributed by atoms with Crippen molar-refractivity contribution in [1.82, 2.24) is 4.90 Å². The van der Waals surface area contributed by atoms with Gasteiger partial charge in [-0.3, -0.25) is 9.59 Å². The Kier molecular flexibility index (Phi) is 7.18. The lowest BCUT2D eigenvalue weighted by Crippen LogP contribution is -2.47. The van der Waals surface area contributed by atoms with Gasteiger partial charge >= 0.3 is 0 Å². The van der Waals surface area contributed by atoms with E-state index < -0.39 is 0 Å². The highest BCUT2D eigenvalue weighted by atomic mass is 35.5. The van der Waals surface area contributed by atoms with E-state index in [0.717, 1.165) is 25.8 Å². The zero-order valence-electron chi connectivity index (χ0n) is 14.6. The number of carbonyl (C=O) groups is 2. The molecular formula is C20H24ClN3O2. The van der Waals surface area contributed by atoms with E-state index in [9.17, 15) is 9.59 Å². The van der Waals surface area contributed by atoms with Crippen LogP contribution in [0, 0.1) is 0 Å².